The molecular formula is C26H22OS2. The van der Waals surface area contributed by atoms with E-state index in [4.69, 9.17) is 0 Å². The predicted molar refractivity (Wildman–Crippen MR) is 124 cm³/mol. The molecule has 5 rings (SSSR count). The van der Waals surface area contributed by atoms with Crippen molar-refractivity contribution in [3.8, 4) is 0 Å². The van der Waals surface area contributed by atoms with Crippen molar-refractivity contribution in [2.45, 2.75) is 31.1 Å². The maximum absolute atomic E-state index is 13.7. The van der Waals surface area contributed by atoms with Crippen LogP contribution in [0.3, 0.4) is 0 Å². The third kappa shape index (κ3) is 3.50. The molecule has 2 atom stereocenters. The zero-order valence-electron chi connectivity index (χ0n) is 16.1. The highest BCUT2D eigenvalue weighted by Crippen LogP contribution is 2.42. The van der Waals surface area contributed by atoms with E-state index in [1.165, 1.54) is 20.9 Å². The van der Waals surface area contributed by atoms with E-state index in [2.05, 4.69) is 83.6 Å². The number of ketones is 1. The predicted octanol–water partition coefficient (Wildman–Crippen LogP) is 7.28. The Kier molecular flexibility index (Phi) is 5.17. The summed E-state index contributed by atoms with van der Waals surface area (Å²) in [5.74, 6) is 0.639. The van der Waals surface area contributed by atoms with Gasteiger partial charge < -0.3 is 0 Å². The topological polar surface area (TPSA) is 17.1 Å². The van der Waals surface area contributed by atoms with Gasteiger partial charge in [0.15, 0.2) is 5.78 Å². The molecule has 144 valence electrons. The number of rotatable bonds is 2. The fourth-order valence-electron chi connectivity index (χ4n) is 4.49. The van der Waals surface area contributed by atoms with Crippen molar-refractivity contribution in [3.05, 3.63) is 116 Å². The number of thiophene rings is 2. The van der Waals surface area contributed by atoms with Crippen LogP contribution in [0.1, 0.15) is 40.9 Å². The van der Waals surface area contributed by atoms with E-state index in [1.54, 1.807) is 22.7 Å². The Labute approximate surface area is 179 Å². The maximum Gasteiger partial charge on any atom is 0.185 e. The van der Waals surface area contributed by atoms with Crippen molar-refractivity contribution >= 4 is 28.5 Å². The minimum Gasteiger partial charge on any atom is -0.289 e. The van der Waals surface area contributed by atoms with E-state index in [-0.39, 0.29) is 17.6 Å². The van der Waals surface area contributed by atoms with Crippen molar-refractivity contribution in [2.24, 2.45) is 0 Å². The van der Waals surface area contributed by atoms with Gasteiger partial charge in [-0.1, -0.05) is 60.7 Å². The van der Waals surface area contributed by atoms with Gasteiger partial charge in [0.25, 0.3) is 0 Å². The Bertz CT molecular complexity index is 1000. The molecule has 1 nitrogen and oxygen atoms in total. The molecule has 2 heterocycles. The zero-order valence-corrected chi connectivity index (χ0v) is 17.7. The average Bonchev–Trinajstić information content (AvgIpc) is 3.48. The Morgan fingerprint density at radius 3 is 1.69 bits per heavy atom. The molecule has 3 aliphatic rings. The molecule has 0 amide bonds. The molecule has 2 aromatic rings. The number of carbonyl (C=O) groups excluding carboxylic acids is 1. The fourth-order valence-corrected chi connectivity index (χ4v) is 6.14. The molecule has 0 spiro atoms. The molecule has 3 heteroatoms. The summed E-state index contributed by atoms with van der Waals surface area (Å²) >= 11 is 3.53. The van der Waals surface area contributed by atoms with Crippen molar-refractivity contribution in [2.75, 3.05) is 0 Å². The molecule has 0 aromatic carbocycles. The highest BCUT2D eigenvalue weighted by molar-refractivity contribution is 7.10. The van der Waals surface area contributed by atoms with Crippen LogP contribution < -0.4 is 0 Å². The van der Waals surface area contributed by atoms with Crippen LogP contribution in [0.5, 0.6) is 0 Å². The highest BCUT2D eigenvalue weighted by Gasteiger charge is 2.30. The fraction of sp³-hybridized carbons (Fsp3) is 0.192. The van der Waals surface area contributed by atoms with Crippen molar-refractivity contribution in [1.29, 1.82) is 0 Å². The van der Waals surface area contributed by atoms with Gasteiger partial charge in [-0.05, 0) is 53.3 Å². The second-order valence-corrected chi connectivity index (χ2v) is 9.48. The Morgan fingerprint density at radius 2 is 1.24 bits per heavy atom. The summed E-state index contributed by atoms with van der Waals surface area (Å²) in [4.78, 5) is 16.3. The van der Waals surface area contributed by atoms with Gasteiger partial charge in [0.2, 0.25) is 0 Å². The Morgan fingerprint density at radius 1 is 0.724 bits per heavy atom. The number of hydrogen-bond donors (Lipinski definition) is 0. The first-order chi connectivity index (χ1) is 14.3. The lowest BCUT2D eigenvalue weighted by atomic mass is 9.77. The van der Waals surface area contributed by atoms with Gasteiger partial charge in [-0.2, -0.15) is 0 Å². The summed E-state index contributed by atoms with van der Waals surface area (Å²) < 4.78 is 0. The van der Waals surface area contributed by atoms with Gasteiger partial charge in [-0.25, -0.2) is 0 Å². The smallest absolute Gasteiger partial charge is 0.185 e. The van der Waals surface area contributed by atoms with Crippen molar-refractivity contribution in [1.82, 2.24) is 0 Å². The highest BCUT2D eigenvalue weighted by atomic mass is 32.1. The van der Waals surface area contributed by atoms with Crippen LogP contribution in [0, 0.1) is 0 Å². The van der Waals surface area contributed by atoms with E-state index in [1.807, 2.05) is 0 Å². The van der Waals surface area contributed by atoms with Crippen LogP contribution >= 0.6 is 22.7 Å². The van der Waals surface area contributed by atoms with E-state index < -0.39 is 0 Å². The normalized spacial score (nSPS) is 29.0. The van der Waals surface area contributed by atoms with Crippen molar-refractivity contribution < 1.29 is 4.79 Å². The molecular weight excluding hydrogens is 392 g/mol. The molecule has 2 unspecified atom stereocenters. The molecule has 1 fully saturated rings. The van der Waals surface area contributed by atoms with Gasteiger partial charge in [0.05, 0.1) is 0 Å². The zero-order chi connectivity index (χ0) is 19.6. The summed E-state index contributed by atoms with van der Waals surface area (Å²) in [6.45, 7) is 0. The first-order valence-corrected chi connectivity index (χ1v) is 11.9. The number of hydrogen-bond acceptors (Lipinski definition) is 3. The Hall–Kier alpha value is -2.49. The van der Waals surface area contributed by atoms with Gasteiger partial charge in [-0.3, -0.25) is 4.79 Å². The maximum atomic E-state index is 13.7. The monoisotopic (exact) mass is 414 g/mol. The third-order valence-electron chi connectivity index (χ3n) is 5.85. The largest absolute Gasteiger partial charge is 0.289 e. The van der Waals surface area contributed by atoms with Gasteiger partial charge in [0, 0.05) is 32.7 Å². The molecule has 0 saturated heterocycles. The molecule has 2 aromatic heterocycles. The van der Waals surface area contributed by atoms with Crippen LogP contribution in [0.25, 0.3) is 0 Å². The second kappa shape index (κ2) is 8.10. The first kappa shape index (κ1) is 18.5. The summed E-state index contributed by atoms with van der Waals surface area (Å²) in [7, 11) is 0. The molecule has 0 radical (unpaired) electrons. The lowest BCUT2D eigenvalue weighted by molar-refractivity contribution is -0.113. The lowest BCUT2D eigenvalue weighted by Crippen LogP contribution is -2.19. The van der Waals surface area contributed by atoms with E-state index in [9.17, 15) is 4.79 Å². The Balaban J connectivity index is 1.58. The minimum atomic E-state index is 0.193. The SMILES string of the molecule is O=C1C(=C2C=CC=CC2c2cccs2)CCCC1=C1C=CC=CC1c1cccs1. The van der Waals surface area contributed by atoms with E-state index >= 15 is 0 Å². The van der Waals surface area contributed by atoms with E-state index in [0.717, 1.165) is 30.4 Å². The number of allylic oxidation sites excluding steroid dienone is 12. The van der Waals surface area contributed by atoms with Crippen LogP contribution in [-0.2, 0) is 4.79 Å². The lowest BCUT2D eigenvalue weighted by Gasteiger charge is -2.27. The third-order valence-corrected chi connectivity index (χ3v) is 7.76. The number of carbonyl (C=O) groups is 1. The van der Waals surface area contributed by atoms with Crippen LogP contribution in [0.15, 0.2) is 106 Å². The summed E-state index contributed by atoms with van der Waals surface area (Å²) in [6.07, 6.45) is 19.9. The summed E-state index contributed by atoms with van der Waals surface area (Å²) in [5.41, 5.74) is 4.37. The molecule has 29 heavy (non-hydrogen) atoms. The van der Waals surface area contributed by atoms with E-state index in [0.29, 0.717) is 0 Å². The quantitative estimate of drug-likeness (QED) is 0.472. The van der Waals surface area contributed by atoms with Crippen LogP contribution in [-0.4, -0.2) is 5.78 Å². The molecule has 1 saturated carbocycles. The molecule has 0 bridgehead atoms. The standard InChI is InChI=1S/C26H22OS2/c27-26-22(18-8-1-3-10-20(18)24-14-6-16-28-24)12-5-13-23(26)19-9-2-4-11-21(19)25-15-7-17-29-25/h1-4,6-11,14-17,20-21H,5,12-13H2. The van der Waals surface area contributed by atoms with Gasteiger partial charge in [-0.15, -0.1) is 22.7 Å². The summed E-state index contributed by atoms with van der Waals surface area (Å²) in [5, 5.41) is 4.23. The average molecular weight is 415 g/mol. The second-order valence-electron chi connectivity index (χ2n) is 7.52. The van der Waals surface area contributed by atoms with Gasteiger partial charge >= 0.3 is 0 Å². The minimum absolute atomic E-state index is 0.193. The van der Waals surface area contributed by atoms with Crippen molar-refractivity contribution in [3.63, 3.8) is 0 Å². The number of Topliss-reactive ketones (excluding diaryl/α,β-unsaturated/α-hetero) is 1. The first-order valence-electron chi connectivity index (χ1n) is 10.1. The van der Waals surface area contributed by atoms with Crippen LogP contribution in [0.4, 0.5) is 0 Å². The van der Waals surface area contributed by atoms with Gasteiger partial charge in [0.1, 0.15) is 0 Å². The molecule has 3 aliphatic carbocycles. The molecule has 0 aliphatic heterocycles. The summed E-state index contributed by atoms with van der Waals surface area (Å²) in [6, 6.07) is 8.53. The van der Waals surface area contributed by atoms with Crippen LogP contribution in [0.2, 0.25) is 0 Å². The molecule has 0 N–H and O–H groups in total.